The average molecular weight is 330 g/mol. The van der Waals surface area contributed by atoms with Gasteiger partial charge in [0.05, 0.1) is 12.6 Å². The maximum Gasteiger partial charge on any atom is 0.234 e. The van der Waals surface area contributed by atoms with E-state index < -0.39 is 0 Å². The van der Waals surface area contributed by atoms with Crippen LogP contribution in [0.5, 0.6) is 5.75 Å². The lowest BCUT2D eigenvalue weighted by Gasteiger charge is -2.11. The van der Waals surface area contributed by atoms with Crippen molar-refractivity contribution in [1.29, 1.82) is 0 Å². The normalized spacial score (nSPS) is 11.9. The second kappa shape index (κ2) is 9.03. The van der Waals surface area contributed by atoms with Crippen molar-refractivity contribution >= 4 is 5.91 Å². The zero-order valence-corrected chi connectivity index (χ0v) is 13.8. The van der Waals surface area contributed by atoms with E-state index in [0.29, 0.717) is 13.2 Å². The van der Waals surface area contributed by atoms with Crippen molar-refractivity contribution in [3.63, 3.8) is 0 Å². The Morgan fingerprint density at radius 2 is 1.96 bits per heavy atom. The van der Waals surface area contributed by atoms with Crippen LogP contribution in [0.1, 0.15) is 24.5 Å². The van der Waals surface area contributed by atoms with Crippen LogP contribution >= 0.6 is 0 Å². The van der Waals surface area contributed by atoms with Gasteiger partial charge in [0.1, 0.15) is 11.6 Å². The predicted octanol–water partition coefficient (Wildman–Crippen LogP) is 2.80. The lowest BCUT2D eigenvalue weighted by Crippen LogP contribution is -2.38. The minimum Gasteiger partial charge on any atom is -0.494 e. The molecule has 0 radical (unpaired) electrons. The second-order valence-electron chi connectivity index (χ2n) is 5.73. The molecule has 3 N–H and O–H groups in total. The summed E-state index contributed by atoms with van der Waals surface area (Å²) in [6.07, 6.45) is 1.60. The van der Waals surface area contributed by atoms with Gasteiger partial charge in [0.2, 0.25) is 5.91 Å². The van der Waals surface area contributed by atoms with Crippen molar-refractivity contribution in [1.82, 2.24) is 5.32 Å². The number of aryl methyl sites for hydroxylation is 1. The number of nitrogens with one attached hydrogen (secondary N) is 1. The number of hydrogen-bond donors (Lipinski definition) is 2. The highest BCUT2D eigenvalue weighted by Gasteiger charge is 2.06. The lowest BCUT2D eigenvalue weighted by molar-refractivity contribution is -0.119. The fraction of sp³-hybridized carbons (Fsp3) is 0.316. The summed E-state index contributed by atoms with van der Waals surface area (Å²) in [7, 11) is 0. The monoisotopic (exact) mass is 330 g/mol. The fourth-order valence-electron chi connectivity index (χ4n) is 2.23. The number of primary amides is 1. The van der Waals surface area contributed by atoms with Gasteiger partial charge < -0.3 is 15.8 Å². The molecule has 1 amide bonds. The van der Waals surface area contributed by atoms with Gasteiger partial charge in [-0.15, -0.1) is 0 Å². The van der Waals surface area contributed by atoms with Gasteiger partial charge in [-0.2, -0.15) is 0 Å². The van der Waals surface area contributed by atoms with Gasteiger partial charge >= 0.3 is 0 Å². The minimum absolute atomic E-state index is 0.205. The van der Waals surface area contributed by atoms with Crippen LogP contribution in [0.25, 0.3) is 0 Å². The number of ether oxygens (including phenoxy) is 1. The standard InChI is InChI=1S/C19H23FN2O2/c1-14(19(21)23)22-13-16-7-9-18(10-8-16)24-11-3-5-15-4-2-6-17(20)12-15/h2,4,6-10,12,14,22H,3,5,11,13H2,1H3,(H2,21,23). The Hall–Kier alpha value is -2.40. The molecule has 0 aliphatic rings. The van der Waals surface area contributed by atoms with E-state index in [-0.39, 0.29) is 17.8 Å². The van der Waals surface area contributed by atoms with Crippen LogP contribution < -0.4 is 15.8 Å². The Morgan fingerprint density at radius 3 is 2.62 bits per heavy atom. The molecule has 1 unspecified atom stereocenters. The van der Waals surface area contributed by atoms with Crippen molar-refractivity contribution in [3.05, 3.63) is 65.5 Å². The van der Waals surface area contributed by atoms with Crippen molar-refractivity contribution in [2.24, 2.45) is 5.73 Å². The maximum atomic E-state index is 13.1. The van der Waals surface area contributed by atoms with E-state index in [9.17, 15) is 9.18 Å². The Kier molecular flexibility index (Phi) is 6.75. The summed E-state index contributed by atoms with van der Waals surface area (Å²) < 4.78 is 18.8. The maximum absolute atomic E-state index is 13.1. The molecule has 0 saturated carbocycles. The minimum atomic E-state index is -0.367. The molecule has 0 saturated heterocycles. The Bertz CT molecular complexity index is 659. The fourth-order valence-corrected chi connectivity index (χ4v) is 2.23. The van der Waals surface area contributed by atoms with E-state index in [1.807, 2.05) is 30.3 Å². The van der Waals surface area contributed by atoms with Gasteiger partial charge in [0.25, 0.3) is 0 Å². The predicted molar refractivity (Wildman–Crippen MR) is 92.2 cm³/mol. The molecule has 2 aromatic carbocycles. The van der Waals surface area contributed by atoms with E-state index in [4.69, 9.17) is 10.5 Å². The van der Waals surface area contributed by atoms with Crippen LogP contribution in [-0.2, 0) is 17.8 Å². The first-order valence-electron chi connectivity index (χ1n) is 8.03. The number of carbonyl (C=O) groups excluding carboxylic acids is 1. The van der Waals surface area contributed by atoms with Crippen molar-refractivity contribution < 1.29 is 13.9 Å². The van der Waals surface area contributed by atoms with E-state index in [2.05, 4.69) is 5.32 Å². The number of benzene rings is 2. The second-order valence-corrected chi connectivity index (χ2v) is 5.73. The largest absolute Gasteiger partial charge is 0.494 e. The van der Waals surface area contributed by atoms with Gasteiger partial charge in [0, 0.05) is 6.54 Å². The molecule has 0 heterocycles. The van der Waals surface area contributed by atoms with Gasteiger partial charge in [0.15, 0.2) is 0 Å². The molecular weight excluding hydrogens is 307 g/mol. The summed E-state index contributed by atoms with van der Waals surface area (Å²) in [5.41, 5.74) is 7.23. The summed E-state index contributed by atoms with van der Waals surface area (Å²) in [4.78, 5) is 11.0. The highest BCUT2D eigenvalue weighted by molar-refractivity contribution is 5.79. The molecule has 0 bridgehead atoms. The van der Waals surface area contributed by atoms with Crippen molar-refractivity contribution in [3.8, 4) is 5.75 Å². The van der Waals surface area contributed by atoms with Gasteiger partial charge in [-0.1, -0.05) is 24.3 Å². The van der Waals surface area contributed by atoms with Crippen molar-refractivity contribution in [2.75, 3.05) is 6.61 Å². The Morgan fingerprint density at radius 1 is 1.21 bits per heavy atom. The summed E-state index contributed by atoms with van der Waals surface area (Å²) in [5.74, 6) is 0.220. The molecule has 0 aliphatic carbocycles. The molecule has 0 spiro atoms. The van der Waals surface area contributed by atoms with Crippen LogP contribution in [0.3, 0.4) is 0 Å². The van der Waals surface area contributed by atoms with Crippen LogP contribution in [0.4, 0.5) is 4.39 Å². The first-order chi connectivity index (χ1) is 11.5. The van der Waals surface area contributed by atoms with E-state index in [1.54, 1.807) is 19.1 Å². The number of halogens is 1. The van der Waals surface area contributed by atoms with Crippen LogP contribution in [-0.4, -0.2) is 18.6 Å². The van der Waals surface area contributed by atoms with Gasteiger partial charge in [-0.05, 0) is 55.2 Å². The average Bonchev–Trinajstić information content (AvgIpc) is 2.57. The molecule has 4 nitrogen and oxygen atoms in total. The topological polar surface area (TPSA) is 64.3 Å². The molecule has 2 aromatic rings. The number of rotatable bonds is 9. The zero-order valence-electron chi connectivity index (χ0n) is 13.8. The van der Waals surface area contributed by atoms with Crippen LogP contribution in [0.15, 0.2) is 48.5 Å². The zero-order chi connectivity index (χ0) is 17.4. The number of hydrogen-bond acceptors (Lipinski definition) is 3. The molecule has 128 valence electrons. The Balaban J connectivity index is 1.71. The third-order valence-corrected chi connectivity index (χ3v) is 3.73. The molecule has 0 fully saturated rings. The first kappa shape index (κ1) is 17.9. The molecule has 0 aromatic heterocycles. The third kappa shape index (κ3) is 6.01. The SMILES string of the molecule is CC(NCc1ccc(OCCCc2cccc(F)c2)cc1)C(N)=O. The summed E-state index contributed by atoms with van der Waals surface area (Å²) in [6.45, 7) is 2.88. The highest BCUT2D eigenvalue weighted by atomic mass is 19.1. The molecule has 0 aliphatic heterocycles. The van der Waals surface area contributed by atoms with E-state index >= 15 is 0 Å². The highest BCUT2D eigenvalue weighted by Crippen LogP contribution is 2.13. The summed E-state index contributed by atoms with van der Waals surface area (Å²) in [5, 5.41) is 3.05. The molecule has 1 atom stereocenters. The smallest absolute Gasteiger partial charge is 0.234 e. The number of nitrogens with two attached hydrogens (primary N) is 1. The quantitative estimate of drug-likeness (QED) is 0.695. The van der Waals surface area contributed by atoms with Gasteiger partial charge in [-0.25, -0.2) is 4.39 Å². The molecule has 5 heteroatoms. The van der Waals surface area contributed by atoms with E-state index in [1.165, 1.54) is 6.07 Å². The molecule has 24 heavy (non-hydrogen) atoms. The Labute approximate surface area is 141 Å². The van der Waals surface area contributed by atoms with Crippen LogP contribution in [0.2, 0.25) is 0 Å². The lowest BCUT2D eigenvalue weighted by atomic mass is 10.1. The molecular formula is C19H23FN2O2. The van der Waals surface area contributed by atoms with E-state index in [0.717, 1.165) is 29.7 Å². The van der Waals surface area contributed by atoms with Gasteiger partial charge in [-0.3, -0.25) is 4.79 Å². The van der Waals surface area contributed by atoms with Crippen LogP contribution in [0, 0.1) is 5.82 Å². The third-order valence-electron chi connectivity index (χ3n) is 3.73. The van der Waals surface area contributed by atoms with Crippen molar-refractivity contribution in [2.45, 2.75) is 32.4 Å². The number of amides is 1. The number of carbonyl (C=O) groups is 1. The molecule has 2 rings (SSSR count). The summed E-state index contributed by atoms with van der Waals surface area (Å²) in [6, 6.07) is 14.0. The summed E-state index contributed by atoms with van der Waals surface area (Å²) >= 11 is 0. The first-order valence-corrected chi connectivity index (χ1v) is 8.03.